The van der Waals surface area contributed by atoms with Crippen LogP contribution in [-0.4, -0.2) is 55.9 Å². The molecule has 1 rings (SSSR count). The van der Waals surface area contributed by atoms with Crippen LogP contribution in [0.1, 0.15) is 12.8 Å². The maximum Gasteiger partial charge on any atom is 0.310 e. The lowest BCUT2D eigenvalue weighted by Crippen LogP contribution is -2.33. The van der Waals surface area contributed by atoms with Crippen LogP contribution in [0.5, 0.6) is 0 Å². The molecule has 1 atom stereocenters. The molecule has 0 radical (unpaired) electrons. The molecule has 0 aromatic carbocycles. The zero-order chi connectivity index (χ0) is 12.2. The van der Waals surface area contributed by atoms with Gasteiger partial charge in [-0.3, -0.25) is 4.79 Å². The van der Waals surface area contributed by atoms with E-state index in [1.165, 1.54) is 0 Å². The van der Waals surface area contributed by atoms with Crippen molar-refractivity contribution in [3.8, 4) is 0 Å². The van der Waals surface area contributed by atoms with Gasteiger partial charge in [0.1, 0.15) is 0 Å². The first-order valence-corrected chi connectivity index (χ1v) is 6.86. The number of hydrogen-bond donors (Lipinski definition) is 2. The predicted molar refractivity (Wildman–Crippen MR) is 55.9 cm³/mol. The molecule has 2 N–H and O–H groups in total. The van der Waals surface area contributed by atoms with Crippen molar-refractivity contribution in [3.05, 3.63) is 0 Å². The van der Waals surface area contributed by atoms with Gasteiger partial charge in [0.05, 0.1) is 30.1 Å². The van der Waals surface area contributed by atoms with Gasteiger partial charge in [-0.15, -0.1) is 0 Å². The average Bonchev–Trinajstić information content (AvgIpc) is 2.51. The summed E-state index contributed by atoms with van der Waals surface area (Å²) in [6, 6.07) is 0. The Morgan fingerprint density at radius 3 is 2.50 bits per heavy atom. The van der Waals surface area contributed by atoms with Crippen molar-refractivity contribution in [1.29, 1.82) is 0 Å². The minimum Gasteiger partial charge on any atom is -0.481 e. The Morgan fingerprint density at radius 1 is 1.38 bits per heavy atom. The number of hydrogen-bond acceptors (Lipinski definition) is 5. The summed E-state index contributed by atoms with van der Waals surface area (Å²) in [7, 11) is -3.23. The molecular formula is C9H16O6S. The highest BCUT2D eigenvalue weighted by Gasteiger charge is 2.47. The number of aliphatic hydroxyl groups is 1. The van der Waals surface area contributed by atoms with E-state index in [9.17, 15) is 13.2 Å². The van der Waals surface area contributed by atoms with E-state index in [0.29, 0.717) is 0 Å². The maximum absolute atomic E-state index is 11.3. The van der Waals surface area contributed by atoms with Crippen LogP contribution < -0.4 is 0 Å². The zero-order valence-electron chi connectivity index (χ0n) is 8.89. The molecule has 94 valence electrons. The fraction of sp³-hybridized carbons (Fsp3) is 0.889. The summed E-state index contributed by atoms with van der Waals surface area (Å²) in [5.41, 5.74) is -1.20. The summed E-state index contributed by atoms with van der Waals surface area (Å²) < 4.78 is 27.6. The molecule has 0 amide bonds. The second-order valence-electron chi connectivity index (χ2n) is 4.01. The van der Waals surface area contributed by atoms with Crippen LogP contribution in [0.2, 0.25) is 0 Å². The van der Waals surface area contributed by atoms with E-state index in [1.54, 1.807) is 0 Å². The first kappa shape index (κ1) is 13.4. The van der Waals surface area contributed by atoms with Gasteiger partial charge < -0.3 is 14.9 Å². The van der Waals surface area contributed by atoms with Crippen LogP contribution >= 0.6 is 0 Å². The Kier molecular flexibility index (Phi) is 4.28. The topological polar surface area (TPSA) is 101 Å². The molecule has 1 saturated heterocycles. The van der Waals surface area contributed by atoms with Gasteiger partial charge in [0, 0.05) is 6.61 Å². The number of aliphatic carboxylic acids is 1. The summed E-state index contributed by atoms with van der Waals surface area (Å²) in [6.45, 7) is 0.170. The Morgan fingerprint density at radius 2 is 2.06 bits per heavy atom. The van der Waals surface area contributed by atoms with Gasteiger partial charge in [-0.1, -0.05) is 0 Å². The normalized spacial score (nSPS) is 28.1. The van der Waals surface area contributed by atoms with Crippen LogP contribution in [0.4, 0.5) is 0 Å². The predicted octanol–water partition coefficient (Wildman–Crippen LogP) is -0.725. The molecule has 7 heteroatoms. The Hall–Kier alpha value is -0.660. The zero-order valence-corrected chi connectivity index (χ0v) is 9.70. The van der Waals surface area contributed by atoms with E-state index >= 15 is 0 Å². The minimum absolute atomic E-state index is 0.0701. The summed E-state index contributed by atoms with van der Waals surface area (Å²) >= 11 is 0. The lowest BCUT2D eigenvalue weighted by atomic mass is 9.84. The number of ether oxygens (including phenoxy) is 1. The van der Waals surface area contributed by atoms with Crippen molar-refractivity contribution in [1.82, 2.24) is 0 Å². The van der Waals surface area contributed by atoms with Crippen LogP contribution in [0.15, 0.2) is 0 Å². The molecule has 0 bridgehead atoms. The van der Waals surface area contributed by atoms with E-state index in [-0.39, 0.29) is 44.2 Å². The molecule has 0 aromatic rings. The maximum atomic E-state index is 11.3. The summed E-state index contributed by atoms with van der Waals surface area (Å²) in [5.74, 6) is -1.46. The van der Waals surface area contributed by atoms with E-state index < -0.39 is 21.2 Å². The Labute approximate surface area is 94.1 Å². The Bertz CT molecular complexity index is 349. The summed E-state index contributed by atoms with van der Waals surface area (Å²) in [4.78, 5) is 11.1. The molecule has 0 aromatic heterocycles. The molecule has 0 aliphatic carbocycles. The van der Waals surface area contributed by atoms with Gasteiger partial charge in [0.25, 0.3) is 0 Å². The van der Waals surface area contributed by atoms with Crippen molar-refractivity contribution in [2.45, 2.75) is 12.8 Å². The fourth-order valence-corrected chi connectivity index (χ4v) is 3.92. The third kappa shape index (κ3) is 3.16. The van der Waals surface area contributed by atoms with Gasteiger partial charge in [0.15, 0.2) is 9.84 Å². The number of rotatable bonds is 6. The first-order valence-electron chi connectivity index (χ1n) is 5.04. The number of sulfone groups is 1. The standard InChI is InChI=1S/C9H16O6S/c10-3-5-15-4-1-9(8(11)12)2-6-16(13,14)7-9/h10H,1-7H2,(H,11,12). The molecule has 1 heterocycles. The molecule has 1 aliphatic heterocycles. The summed E-state index contributed by atoms with van der Waals surface area (Å²) in [6.07, 6.45) is 0.314. The van der Waals surface area contributed by atoms with Crippen molar-refractivity contribution in [3.63, 3.8) is 0 Å². The van der Waals surface area contributed by atoms with Gasteiger partial charge in [0.2, 0.25) is 0 Å². The van der Waals surface area contributed by atoms with E-state index in [4.69, 9.17) is 14.9 Å². The molecule has 6 nitrogen and oxygen atoms in total. The monoisotopic (exact) mass is 252 g/mol. The van der Waals surface area contributed by atoms with E-state index in [1.807, 2.05) is 0 Å². The minimum atomic E-state index is -3.23. The first-order chi connectivity index (χ1) is 7.42. The van der Waals surface area contributed by atoms with Crippen molar-refractivity contribution >= 4 is 15.8 Å². The van der Waals surface area contributed by atoms with Crippen LogP contribution in [-0.2, 0) is 19.4 Å². The van der Waals surface area contributed by atoms with Crippen molar-refractivity contribution in [2.75, 3.05) is 31.3 Å². The molecular weight excluding hydrogens is 236 g/mol. The highest BCUT2D eigenvalue weighted by molar-refractivity contribution is 7.91. The van der Waals surface area contributed by atoms with Crippen molar-refractivity contribution in [2.24, 2.45) is 5.41 Å². The highest BCUT2D eigenvalue weighted by atomic mass is 32.2. The molecule has 1 unspecified atom stereocenters. The second kappa shape index (κ2) is 5.11. The van der Waals surface area contributed by atoms with E-state index in [2.05, 4.69) is 0 Å². The van der Waals surface area contributed by atoms with Gasteiger partial charge in [-0.2, -0.15) is 0 Å². The van der Waals surface area contributed by atoms with Crippen LogP contribution in [0, 0.1) is 5.41 Å². The molecule has 1 fully saturated rings. The largest absolute Gasteiger partial charge is 0.481 e. The molecule has 0 saturated carbocycles. The number of carboxylic acid groups (broad SMARTS) is 1. The van der Waals surface area contributed by atoms with Crippen LogP contribution in [0.25, 0.3) is 0 Å². The van der Waals surface area contributed by atoms with E-state index in [0.717, 1.165) is 0 Å². The summed E-state index contributed by atoms with van der Waals surface area (Å²) in [5, 5.41) is 17.6. The number of carboxylic acids is 1. The van der Waals surface area contributed by atoms with Gasteiger partial charge in [-0.25, -0.2) is 8.42 Å². The smallest absolute Gasteiger partial charge is 0.310 e. The third-order valence-corrected chi connectivity index (χ3v) is 4.62. The second-order valence-corrected chi connectivity index (χ2v) is 6.20. The number of carbonyl (C=O) groups is 1. The molecule has 16 heavy (non-hydrogen) atoms. The fourth-order valence-electron chi connectivity index (χ4n) is 1.82. The lowest BCUT2D eigenvalue weighted by Gasteiger charge is -2.21. The third-order valence-electron chi connectivity index (χ3n) is 2.80. The van der Waals surface area contributed by atoms with Gasteiger partial charge >= 0.3 is 5.97 Å². The number of aliphatic hydroxyl groups excluding tert-OH is 1. The Balaban J connectivity index is 2.59. The average molecular weight is 252 g/mol. The lowest BCUT2D eigenvalue weighted by molar-refractivity contribution is -0.148. The SMILES string of the molecule is O=C(O)C1(CCOCCO)CCS(=O)(=O)C1. The quantitative estimate of drug-likeness (QED) is 0.605. The van der Waals surface area contributed by atoms with Crippen LogP contribution in [0.3, 0.4) is 0 Å². The highest BCUT2D eigenvalue weighted by Crippen LogP contribution is 2.35. The van der Waals surface area contributed by atoms with Crippen molar-refractivity contribution < 1.29 is 28.2 Å². The molecule has 1 aliphatic rings. The van der Waals surface area contributed by atoms with Gasteiger partial charge in [-0.05, 0) is 12.8 Å². The molecule has 0 spiro atoms.